The molecule has 0 aliphatic heterocycles. The van der Waals surface area contributed by atoms with Gasteiger partial charge in [0.1, 0.15) is 12.4 Å². The van der Waals surface area contributed by atoms with Crippen molar-refractivity contribution >= 4 is 26.8 Å². The van der Waals surface area contributed by atoms with E-state index in [1.807, 2.05) is 48.7 Å². The SMILES string of the molecule is Brc1ccccc1COc1ccc2[nH]ccc2c1. The minimum Gasteiger partial charge on any atom is -0.489 e. The van der Waals surface area contributed by atoms with E-state index in [-0.39, 0.29) is 0 Å². The van der Waals surface area contributed by atoms with Gasteiger partial charge >= 0.3 is 0 Å². The maximum Gasteiger partial charge on any atom is 0.120 e. The normalized spacial score (nSPS) is 10.7. The first-order valence-electron chi connectivity index (χ1n) is 5.76. The molecule has 3 heteroatoms. The number of H-pyrrole nitrogens is 1. The molecule has 0 saturated carbocycles. The Bertz CT molecular complexity index is 675. The van der Waals surface area contributed by atoms with Gasteiger partial charge in [0.25, 0.3) is 0 Å². The van der Waals surface area contributed by atoms with E-state index in [2.05, 4.69) is 27.0 Å². The molecule has 3 aromatic rings. The molecule has 18 heavy (non-hydrogen) atoms. The van der Waals surface area contributed by atoms with Gasteiger partial charge in [-0.2, -0.15) is 0 Å². The summed E-state index contributed by atoms with van der Waals surface area (Å²) in [4.78, 5) is 3.17. The van der Waals surface area contributed by atoms with Crippen LogP contribution in [0.25, 0.3) is 10.9 Å². The number of hydrogen-bond acceptors (Lipinski definition) is 1. The largest absolute Gasteiger partial charge is 0.489 e. The van der Waals surface area contributed by atoms with Crippen LogP contribution < -0.4 is 4.74 Å². The van der Waals surface area contributed by atoms with E-state index in [0.717, 1.165) is 21.3 Å². The maximum atomic E-state index is 5.81. The molecule has 1 aromatic heterocycles. The first kappa shape index (κ1) is 11.4. The number of benzene rings is 2. The highest BCUT2D eigenvalue weighted by molar-refractivity contribution is 9.10. The molecule has 0 bridgehead atoms. The van der Waals surface area contributed by atoms with Gasteiger partial charge in [-0.05, 0) is 30.3 Å². The Morgan fingerprint density at radius 1 is 1.06 bits per heavy atom. The highest BCUT2D eigenvalue weighted by atomic mass is 79.9. The molecular formula is C15H12BrNO. The molecule has 3 rings (SSSR count). The standard InChI is InChI=1S/C15H12BrNO/c16-14-4-2-1-3-12(14)10-18-13-5-6-15-11(9-13)7-8-17-15/h1-9,17H,10H2. The van der Waals surface area contributed by atoms with Crippen LogP contribution in [0.4, 0.5) is 0 Å². The number of hydrogen-bond donors (Lipinski definition) is 1. The second-order valence-electron chi connectivity index (χ2n) is 4.11. The van der Waals surface area contributed by atoms with E-state index in [0.29, 0.717) is 6.61 Å². The van der Waals surface area contributed by atoms with Crippen LogP contribution in [-0.4, -0.2) is 4.98 Å². The van der Waals surface area contributed by atoms with Crippen LogP contribution in [0.5, 0.6) is 5.75 Å². The van der Waals surface area contributed by atoms with Crippen LogP contribution >= 0.6 is 15.9 Å². The molecule has 2 nitrogen and oxygen atoms in total. The fraction of sp³-hybridized carbons (Fsp3) is 0.0667. The maximum absolute atomic E-state index is 5.81. The van der Waals surface area contributed by atoms with Crippen molar-refractivity contribution in [2.45, 2.75) is 6.61 Å². The van der Waals surface area contributed by atoms with Gasteiger partial charge in [0.2, 0.25) is 0 Å². The highest BCUT2D eigenvalue weighted by Crippen LogP contribution is 2.22. The van der Waals surface area contributed by atoms with Gasteiger partial charge in [0, 0.05) is 27.1 Å². The predicted octanol–water partition coefficient (Wildman–Crippen LogP) is 4.51. The monoisotopic (exact) mass is 301 g/mol. The zero-order valence-corrected chi connectivity index (χ0v) is 11.3. The molecule has 0 amide bonds. The fourth-order valence-electron chi connectivity index (χ4n) is 1.90. The van der Waals surface area contributed by atoms with Crippen LogP contribution in [0, 0.1) is 0 Å². The molecule has 1 N–H and O–H groups in total. The number of aromatic amines is 1. The number of rotatable bonds is 3. The third kappa shape index (κ3) is 2.27. The predicted molar refractivity (Wildman–Crippen MR) is 76.8 cm³/mol. The molecule has 0 fully saturated rings. The van der Waals surface area contributed by atoms with E-state index >= 15 is 0 Å². The van der Waals surface area contributed by atoms with Crippen molar-refractivity contribution in [1.82, 2.24) is 4.98 Å². The number of halogens is 1. The molecule has 0 spiro atoms. The molecule has 0 saturated heterocycles. The first-order valence-corrected chi connectivity index (χ1v) is 6.55. The van der Waals surface area contributed by atoms with Crippen molar-refractivity contribution in [2.24, 2.45) is 0 Å². The Kier molecular flexibility index (Phi) is 3.07. The van der Waals surface area contributed by atoms with Gasteiger partial charge in [-0.1, -0.05) is 34.1 Å². The van der Waals surface area contributed by atoms with Crippen LogP contribution in [0.3, 0.4) is 0 Å². The van der Waals surface area contributed by atoms with Crippen LogP contribution in [-0.2, 0) is 6.61 Å². The van der Waals surface area contributed by atoms with Gasteiger partial charge in [0.05, 0.1) is 0 Å². The Hall–Kier alpha value is -1.74. The van der Waals surface area contributed by atoms with E-state index in [1.165, 1.54) is 5.39 Å². The van der Waals surface area contributed by atoms with Gasteiger partial charge in [-0.25, -0.2) is 0 Å². The average Bonchev–Trinajstić information content (AvgIpc) is 2.85. The summed E-state index contributed by atoms with van der Waals surface area (Å²) in [6.07, 6.45) is 1.93. The highest BCUT2D eigenvalue weighted by Gasteiger charge is 2.01. The molecule has 0 radical (unpaired) electrons. The van der Waals surface area contributed by atoms with Crippen molar-refractivity contribution < 1.29 is 4.74 Å². The molecule has 1 heterocycles. The third-order valence-electron chi connectivity index (χ3n) is 2.88. The molecular weight excluding hydrogens is 290 g/mol. The molecule has 0 unspecified atom stereocenters. The lowest BCUT2D eigenvalue weighted by Crippen LogP contribution is -1.95. The fourth-order valence-corrected chi connectivity index (χ4v) is 2.30. The van der Waals surface area contributed by atoms with Crippen LogP contribution in [0.1, 0.15) is 5.56 Å². The van der Waals surface area contributed by atoms with Crippen molar-refractivity contribution in [3.05, 3.63) is 64.8 Å². The second kappa shape index (κ2) is 4.86. The quantitative estimate of drug-likeness (QED) is 0.756. The zero-order valence-electron chi connectivity index (χ0n) is 9.69. The molecule has 2 aromatic carbocycles. The van der Waals surface area contributed by atoms with Crippen molar-refractivity contribution in [2.75, 3.05) is 0 Å². The third-order valence-corrected chi connectivity index (χ3v) is 3.65. The van der Waals surface area contributed by atoms with E-state index in [9.17, 15) is 0 Å². The van der Waals surface area contributed by atoms with Crippen molar-refractivity contribution in [1.29, 1.82) is 0 Å². The van der Waals surface area contributed by atoms with Crippen LogP contribution in [0.2, 0.25) is 0 Å². The van der Waals surface area contributed by atoms with E-state index in [4.69, 9.17) is 4.74 Å². The summed E-state index contributed by atoms with van der Waals surface area (Å²) in [5, 5.41) is 1.17. The first-order chi connectivity index (χ1) is 8.83. The summed E-state index contributed by atoms with van der Waals surface area (Å²) in [7, 11) is 0. The number of fused-ring (bicyclic) bond motifs is 1. The lowest BCUT2D eigenvalue weighted by atomic mass is 10.2. The number of ether oxygens (including phenoxy) is 1. The summed E-state index contributed by atoms with van der Waals surface area (Å²) >= 11 is 3.52. The second-order valence-corrected chi connectivity index (χ2v) is 4.96. The lowest BCUT2D eigenvalue weighted by molar-refractivity contribution is 0.306. The topological polar surface area (TPSA) is 25.0 Å². The van der Waals surface area contributed by atoms with Crippen molar-refractivity contribution in [3.63, 3.8) is 0 Å². The zero-order chi connectivity index (χ0) is 12.4. The summed E-state index contributed by atoms with van der Waals surface area (Å²) in [6.45, 7) is 0.567. The van der Waals surface area contributed by atoms with E-state index < -0.39 is 0 Å². The van der Waals surface area contributed by atoms with Gasteiger partial charge in [-0.15, -0.1) is 0 Å². The molecule has 0 aliphatic carbocycles. The Morgan fingerprint density at radius 2 is 1.94 bits per heavy atom. The lowest BCUT2D eigenvalue weighted by Gasteiger charge is -2.07. The number of nitrogens with one attached hydrogen (secondary N) is 1. The van der Waals surface area contributed by atoms with Gasteiger partial charge in [-0.3, -0.25) is 0 Å². The molecule has 0 atom stereocenters. The number of aromatic nitrogens is 1. The molecule has 90 valence electrons. The van der Waals surface area contributed by atoms with Gasteiger partial charge in [0.15, 0.2) is 0 Å². The average molecular weight is 302 g/mol. The minimum atomic E-state index is 0.567. The van der Waals surface area contributed by atoms with E-state index in [1.54, 1.807) is 0 Å². The summed E-state index contributed by atoms with van der Waals surface area (Å²) in [5.74, 6) is 0.887. The molecule has 0 aliphatic rings. The van der Waals surface area contributed by atoms with Crippen LogP contribution in [0.15, 0.2) is 59.2 Å². The summed E-state index contributed by atoms with van der Waals surface area (Å²) in [6, 6.07) is 16.2. The smallest absolute Gasteiger partial charge is 0.120 e. The Labute approximate surface area is 114 Å². The Morgan fingerprint density at radius 3 is 2.83 bits per heavy atom. The summed E-state index contributed by atoms with van der Waals surface area (Å²) in [5.41, 5.74) is 2.27. The Balaban J connectivity index is 1.78. The minimum absolute atomic E-state index is 0.567. The van der Waals surface area contributed by atoms with Crippen molar-refractivity contribution in [3.8, 4) is 5.75 Å². The summed E-state index contributed by atoms with van der Waals surface area (Å²) < 4.78 is 6.88. The van der Waals surface area contributed by atoms with Gasteiger partial charge < -0.3 is 9.72 Å².